The van der Waals surface area contributed by atoms with Crippen LogP contribution in [0, 0.1) is 0 Å². The van der Waals surface area contributed by atoms with E-state index >= 15 is 0 Å². The van der Waals surface area contributed by atoms with Crippen molar-refractivity contribution in [2.75, 3.05) is 12.4 Å². The summed E-state index contributed by atoms with van der Waals surface area (Å²) in [4.78, 5) is 0. The Hall–Kier alpha value is 0.310. The van der Waals surface area contributed by atoms with Crippen molar-refractivity contribution in [1.29, 1.82) is 0 Å². The van der Waals surface area contributed by atoms with E-state index in [1.54, 1.807) is 0 Å². The second kappa shape index (κ2) is 18.4. The van der Waals surface area contributed by atoms with Crippen molar-refractivity contribution < 1.29 is 5.11 Å². The molecule has 1 nitrogen and oxygen atoms in total. The van der Waals surface area contributed by atoms with Crippen LogP contribution in [0.25, 0.3) is 0 Å². The van der Waals surface area contributed by atoms with Crippen molar-refractivity contribution in [3.8, 4) is 0 Å². The number of hydrogen-bond acceptors (Lipinski definition) is 2. The van der Waals surface area contributed by atoms with Crippen molar-refractivity contribution >= 4 is 11.8 Å². The average Bonchev–Trinajstić information content (AvgIpc) is 2.51. The molecular formula is C19H40OS. The molecule has 0 aromatic rings. The highest BCUT2D eigenvalue weighted by Gasteiger charge is 2.07. The van der Waals surface area contributed by atoms with Crippen molar-refractivity contribution in [2.45, 2.75) is 109 Å². The van der Waals surface area contributed by atoms with E-state index in [4.69, 9.17) is 0 Å². The fourth-order valence-corrected chi connectivity index (χ4v) is 3.83. The molecule has 0 amide bonds. The first-order valence-electron chi connectivity index (χ1n) is 9.57. The third-order valence-corrected chi connectivity index (χ3v) is 5.57. The van der Waals surface area contributed by atoms with Crippen LogP contribution in [0.5, 0.6) is 0 Å². The Balaban J connectivity index is 3.26. The topological polar surface area (TPSA) is 20.2 Å². The first-order chi connectivity index (χ1) is 10.3. The van der Waals surface area contributed by atoms with Gasteiger partial charge in [0.25, 0.3) is 0 Å². The van der Waals surface area contributed by atoms with Crippen molar-refractivity contribution in [2.24, 2.45) is 0 Å². The van der Waals surface area contributed by atoms with Gasteiger partial charge in [-0.1, -0.05) is 90.9 Å². The fraction of sp³-hybridized carbons (Fsp3) is 1.00. The van der Waals surface area contributed by atoms with Gasteiger partial charge in [-0.2, -0.15) is 11.8 Å². The highest BCUT2D eigenvalue weighted by atomic mass is 32.2. The molecule has 1 N–H and O–H groups in total. The smallest absolute Gasteiger partial charge is 0.0550 e. The third kappa shape index (κ3) is 16.5. The van der Waals surface area contributed by atoms with E-state index in [9.17, 15) is 5.11 Å². The van der Waals surface area contributed by atoms with E-state index in [0.29, 0.717) is 11.9 Å². The summed E-state index contributed by atoms with van der Waals surface area (Å²) in [5.41, 5.74) is 0. The van der Waals surface area contributed by atoms with Crippen LogP contribution in [0.15, 0.2) is 0 Å². The standard InChI is InChI=1S/C19H40OS/c1-3-5-7-9-10-11-13-15-17-21-19(18-20)16-14-12-8-6-4-2/h19-20H,3-18H2,1-2H3. The Bertz CT molecular complexity index is 184. The maximum atomic E-state index is 9.43. The molecule has 0 aliphatic rings. The van der Waals surface area contributed by atoms with E-state index in [-0.39, 0.29) is 0 Å². The zero-order valence-electron chi connectivity index (χ0n) is 14.7. The SMILES string of the molecule is CCCCCCCCCCSC(CO)CCCCCCC. The lowest BCUT2D eigenvalue weighted by Crippen LogP contribution is -2.09. The van der Waals surface area contributed by atoms with Gasteiger partial charge in [0.05, 0.1) is 6.61 Å². The lowest BCUT2D eigenvalue weighted by molar-refractivity contribution is 0.288. The normalized spacial score (nSPS) is 12.7. The number of thioether (sulfide) groups is 1. The largest absolute Gasteiger partial charge is 0.395 e. The number of aliphatic hydroxyl groups excluding tert-OH is 1. The molecule has 0 radical (unpaired) electrons. The zero-order chi connectivity index (χ0) is 15.6. The molecule has 0 heterocycles. The molecule has 0 aromatic carbocycles. The van der Waals surface area contributed by atoms with Crippen LogP contribution in [0.3, 0.4) is 0 Å². The van der Waals surface area contributed by atoms with Crippen molar-refractivity contribution in [3.05, 3.63) is 0 Å². The fourth-order valence-electron chi connectivity index (χ4n) is 2.69. The lowest BCUT2D eigenvalue weighted by atomic mass is 10.1. The number of hydrogen-bond donors (Lipinski definition) is 1. The van der Waals surface area contributed by atoms with Gasteiger partial charge < -0.3 is 5.11 Å². The lowest BCUT2D eigenvalue weighted by Gasteiger charge is -2.13. The van der Waals surface area contributed by atoms with Gasteiger partial charge in [-0.25, -0.2) is 0 Å². The van der Waals surface area contributed by atoms with Gasteiger partial charge in [0.15, 0.2) is 0 Å². The number of aliphatic hydroxyl groups is 1. The maximum absolute atomic E-state index is 9.43. The van der Waals surface area contributed by atoms with Gasteiger partial charge in [0.2, 0.25) is 0 Å². The number of unbranched alkanes of at least 4 members (excludes halogenated alkanes) is 11. The molecule has 21 heavy (non-hydrogen) atoms. The minimum atomic E-state index is 0.370. The summed E-state index contributed by atoms with van der Waals surface area (Å²) in [6.45, 7) is 4.91. The highest BCUT2D eigenvalue weighted by molar-refractivity contribution is 7.99. The molecule has 0 bridgehead atoms. The Morgan fingerprint density at radius 1 is 0.667 bits per heavy atom. The minimum Gasteiger partial charge on any atom is -0.395 e. The average molecular weight is 317 g/mol. The minimum absolute atomic E-state index is 0.370. The van der Waals surface area contributed by atoms with Gasteiger partial charge in [-0.05, 0) is 18.6 Å². The van der Waals surface area contributed by atoms with Crippen LogP contribution < -0.4 is 0 Å². The Morgan fingerprint density at radius 3 is 1.67 bits per heavy atom. The number of rotatable bonds is 17. The van der Waals surface area contributed by atoms with E-state index in [1.165, 1.54) is 95.6 Å². The molecule has 0 spiro atoms. The second-order valence-electron chi connectivity index (χ2n) is 6.35. The van der Waals surface area contributed by atoms with Crippen LogP contribution in [0.4, 0.5) is 0 Å². The van der Waals surface area contributed by atoms with Crippen LogP contribution in [0.1, 0.15) is 104 Å². The summed E-state index contributed by atoms with van der Waals surface area (Å²) in [7, 11) is 0. The van der Waals surface area contributed by atoms with E-state index in [1.807, 2.05) is 11.8 Å². The third-order valence-electron chi connectivity index (χ3n) is 4.18. The van der Waals surface area contributed by atoms with Crippen LogP contribution >= 0.6 is 11.8 Å². The molecule has 0 saturated heterocycles. The Labute approximate surface area is 138 Å². The summed E-state index contributed by atoms with van der Waals surface area (Å²) < 4.78 is 0. The van der Waals surface area contributed by atoms with Gasteiger partial charge in [0.1, 0.15) is 0 Å². The van der Waals surface area contributed by atoms with E-state index in [0.717, 1.165) is 0 Å². The predicted octanol–water partition coefficient (Wildman–Crippen LogP) is 6.58. The van der Waals surface area contributed by atoms with Crippen LogP contribution in [-0.2, 0) is 0 Å². The van der Waals surface area contributed by atoms with Gasteiger partial charge in [0, 0.05) is 5.25 Å². The van der Waals surface area contributed by atoms with Crippen LogP contribution in [-0.4, -0.2) is 22.7 Å². The van der Waals surface area contributed by atoms with E-state index in [2.05, 4.69) is 13.8 Å². The molecule has 2 heteroatoms. The first-order valence-corrected chi connectivity index (χ1v) is 10.6. The molecule has 1 atom stereocenters. The summed E-state index contributed by atoms with van der Waals surface area (Å²) >= 11 is 2.01. The Kier molecular flexibility index (Phi) is 18.6. The van der Waals surface area contributed by atoms with Crippen molar-refractivity contribution in [1.82, 2.24) is 0 Å². The molecule has 0 saturated carbocycles. The molecule has 0 fully saturated rings. The molecule has 128 valence electrons. The van der Waals surface area contributed by atoms with Crippen molar-refractivity contribution in [3.63, 3.8) is 0 Å². The summed E-state index contributed by atoms with van der Waals surface area (Å²) in [6, 6.07) is 0. The zero-order valence-corrected chi connectivity index (χ0v) is 15.6. The van der Waals surface area contributed by atoms with Gasteiger partial charge in [-0.15, -0.1) is 0 Å². The monoisotopic (exact) mass is 316 g/mol. The van der Waals surface area contributed by atoms with E-state index < -0.39 is 0 Å². The molecule has 0 aliphatic carbocycles. The van der Waals surface area contributed by atoms with Gasteiger partial charge in [-0.3, -0.25) is 0 Å². The molecule has 1 unspecified atom stereocenters. The first kappa shape index (κ1) is 21.3. The summed E-state index contributed by atoms with van der Waals surface area (Å²) in [5.74, 6) is 1.25. The molecular weight excluding hydrogens is 276 g/mol. The highest BCUT2D eigenvalue weighted by Crippen LogP contribution is 2.20. The van der Waals surface area contributed by atoms with Crippen LogP contribution in [0.2, 0.25) is 0 Å². The quantitative estimate of drug-likeness (QED) is 0.306. The predicted molar refractivity (Wildman–Crippen MR) is 99.3 cm³/mol. The summed E-state index contributed by atoms with van der Waals surface area (Å²) in [5, 5.41) is 9.93. The molecule has 0 aromatic heterocycles. The maximum Gasteiger partial charge on any atom is 0.0550 e. The second-order valence-corrected chi connectivity index (χ2v) is 7.76. The van der Waals surface area contributed by atoms with Gasteiger partial charge >= 0.3 is 0 Å². The summed E-state index contributed by atoms with van der Waals surface area (Å²) in [6.07, 6.45) is 19.1. The Morgan fingerprint density at radius 2 is 1.14 bits per heavy atom. The molecule has 0 aliphatic heterocycles. The molecule has 0 rings (SSSR count).